The van der Waals surface area contributed by atoms with Gasteiger partial charge in [0, 0.05) is 16.9 Å². The summed E-state index contributed by atoms with van der Waals surface area (Å²) in [6.45, 7) is 1.74. The predicted molar refractivity (Wildman–Crippen MR) is 96.8 cm³/mol. The van der Waals surface area contributed by atoms with Crippen molar-refractivity contribution in [2.45, 2.75) is 6.92 Å². The number of nitrogens with zero attached hydrogens (tertiary/aromatic N) is 1. The van der Waals surface area contributed by atoms with Crippen LogP contribution < -0.4 is 15.4 Å². The third-order valence-electron chi connectivity index (χ3n) is 3.36. The van der Waals surface area contributed by atoms with Gasteiger partial charge in [0.1, 0.15) is 23.1 Å². The normalized spacial score (nSPS) is 10.7. The van der Waals surface area contributed by atoms with Crippen molar-refractivity contribution in [3.05, 3.63) is 58.8 Å². The second-order valence-electron chi connectivity index (χ2n) is 5.11. The second kappa shape index (κ2) is 8.08. The van der Waals surface area contributed by atoms with E-state index >= 15 is 0 Å². The van der Waals surface area contributed by atoms with Crippen molar-refractivity contribution in [3.8, 4) is 17.6 Å². The average molecular weight is 358 g/mol. The maximum absolute atomic E-state index is 12.3. The molecule has 0 unspecified atom stereocenters. The Labute approximate surface area is 150 Å². The lowest BCUT2D eigenvalue weighted by molar-refractivity contribution is -0.112. The molecule has 0 spiro atoms. The highest BCUT2D eigenvalue weighted by Gasteiger charge is 2.11. The molecular formula is C18H16ClN3O3. The number of ether oxygens (including phenoxy) is 1. The Bertz CT molecular complexity index is 872. The molecule has 0 aliphatic heterocycles. The standard InChI is InChI=1S/C18H16ClN3O3/c1-11-7-14(23)4-5-15(11)22-18(24)12(9-20)10-21-16-8-13(19)3-6-17(16)25-2/h3-8,10,21,23H,1-2H3,(H,22,24)/b12-10-. The van der Waals surface area contributed by atoms with Crippen molar-refractivity contribution in [1.82, 2.24) is 0 Å². The van der Waals surface area contributed by atoms with Gasteiger partial charge in [-0.2, -0.15) is 5.26 Å². The minimum Gasteiger partial charge on any atom is -0.508 e. The van der Waals surface area contributed by atoms with Gasteiger partial charge in [-0.15, -0.1) is 0 Å². The van der Waals surface area contributed by atoms with E-state index in [1.165, 1.54) is 25.4 Å². The fourth-order valence-corrected chi connectivity index (χ4v) is 2.24. The molecule has 0 aliphatic carbocycles. The summed E-state index contributed by atoms with van der Waals surface area (Å²) in [6.07, 6.45) is 1.28. The minimum absolute atomic E-state index is 0.0984. The summed E-state index contributed by atoms with van der Waals surface area (Å²) in [7, 11) is 1.50. The van der Waals surface area contributed by atoms with Gasteiger partial charge in [-0.3, -0.25) is 4.79 Å². The molecule has 0 saturated heterocycles. The lowest BCUT2D eigenvalue weighted by Crippen LogP contribution is -2.15. The van der Waals surface area contributed by atoms with Crippen LogP contribution in [0.5, 0.6) is 11.5 Å². The number of nitriles is 1. The molecule has 0 atom stereocenters. The number of carbonyl (C=O) groups excluding carboxylic acids is 1. The fraction of sp³-hybridized carbons (Fsp3) is 0.111. The first-order valence-electron chi connectivity index (χ1n) is 7.26. The number of methoxy groups -OCH3 is 1. The second-order valence-corrected chi connectivity index (χ2v) is 5.55. The first-order valence-corrected chi connectivity index (χ1v) is 7.63. The van der Waals surface area contributed by atoms with E-state index in [0.29, 0.717) is 27.7 Å². The molecule has 0 heterocycles. The van der Waals surface area contributed by atoms with E-state index in [9.17, 15) is 15.2 Å². The van der Waals surface area contributed by atoms with Crippen LogP contribution in [0.15, 0.2) is 48.2 Å². The SMILES string of the molecule is COc1ccc(Cl)cc1N/C=C(/C#N)C(=O)Nc1ccc(O)cc1C. The molecule has 25 heavy (non-hydrogen) atoms. The maximum Gasteiger partial charge on any atom is 0.267 e. The van der Waals surface area contributed by atoms with E-state index in [1.54, 1.807) is 31.2 Å². The van der Waals surface area contributed by atoms with E-state index < -0.39 is 5.91 Å². The molecular weight excluding hydrogens is 342 g/mol. The van der Waals surface area contributed by atoms with E-state index in [1.807, 2.05) is 6.07 Å². The highest BCUT2D eigenvalue weighted by Crippen LogP contribution is 2.28. The predicted octanol–water partition coefficient (Wildman–Crippen LogP) is 3.82. The molecule has 7 heteroatoms. The largest absolute Gasteiger partial charge is 0.508 e. The zero-order valence-corrected chi connectivity index (χ0v) is 14.4. The van der Waals surface area contributed by atoms with Crippen LogP contribution in [-0.4, -0.2) is 18.1 Å². The van der Waals surface area contributed by atoms with Crippen molar-refractivity contribution in [2.24, 2.45) is 0 Å². The molecule has 0 saturated carbocycles. The van der Waals surface area contributed by atoms with E-state index in [0.717, 1.165) is 0 Å². The summed E-state index contributed by atoms with van der Waals surface area (Å²) in [5.41, 5.74) is 1.57. The van der Waals surface area contributed by atoms with Crippen LogP contribution in [0.4, 0.5) is 11.4 Å². The van der Waals surface area contributed by atoms with Gasteiger partial charge in [-0.05, 0) is 48.9 Å². The Kier molecular flexibility index (Phi) is 5.88. The van der Waals surface area contributed by atoms with Crippen LogP contribution in [0.1, 0.15) is 5.56 Å². The summed E-state index contributed by atoms with van der Waals surface area (Å²) in [5.74, 6) is 0.0405. The van der Waals surface area contributed by atoms with Crippen molar-refractivity contribution in [3.63, 3.8) is 0 Å². The van der Waals surface area contributed by atoms with Gasteiger partial charge in [0.2, 0.25) is 0 Å². The number of anilines is 2. The molecule has 2 rings (SSSR count). The summed E-state index contributed by atoms with van der Waals surface area (Å²) in [4.78, 5) is 12.3. The monoisotopic (exact) mass is 357 g/mol. The van der Waals surface area contributed by atoms with Crippen molar-refractivity contribution >= 4 is 28.9 Å². The van der Waals surface area contributed by atoms with Gasteiger partial charge in [-0.25, -0.2) is 0 Å². The Morgan fingerprint density at radius 2 is 2.04 bits per heavy atom. The number of benzene rings is 2. The number of rotatable bonds is 5. The molecule has 2 aromatic rings. The zero-order valence-electron chi connectivity index (χ0n) is 13.6. The van der Waals surface area contributed by atoms with Gasteiger partial charge < -0.3 is 20.5 Å². The summed E-state index contributed by atoms with van der Waals surface area (Å²) >= 11 is 5.94. The quantitative estimate of drug-likeness (QED) is 0.429. The van der Waals surface area contributed by atoms with Crippen LogP contribution in [-0.2, 0) is 4.79 Å². The van der Waals surface area contributed by atoms with E-state index in [2.05, 4.69) is 10.6 Å². The van der Waals surface area contributed by atoms with Crippen LogP contribution in [0.25, 0.3) is 0 Å². The van der Waals surface area contributed by atoms with Gasteiger partial charge in [-0.1, -0.05) is 11.6 Å². The number of nitrogens with one attached hydrogen (secondary N) is 2. The van der Waals surface area contributed by atoms with E-state index in [4.69, 9.17) is 16.3 Å². The molecule has 0 fully saturated rings. The molecule has 1 amide bonds. The number of amides is 1. The van der Waals surface area contributed by atoms with Crippen LogP contribution in [0.2, 0.25) is 5.02 Å². The zero-order chi connectivity index (χ0) is 18.4. The van der Waals surface area contributed by atoms with Crippen molar-refractivity contribution < 1.29 is 14.6 Å². The van der Waals surface area contributed by atoms with E-state index in [-0.39, 0.29) is 11.3 Å². The number of aryl methyl sites for hydroxylation is 1. The lowest BCUT2D eigenvalue weighted by atomic mass is 10.2. The highest BCUT2D eigenvalue weighted by molar-refractivity contribution is 6.31. The summed E-state index contributed by atoms with van der Waals surface area (Å²) in [6, 6.07) is 11.3. The van der Waals surface area contributed by atoms with Crippen molar-refractivity contribution in [2.75, 3.05) is 17.7 Å². The Morgan fingerprint density at radius 3 is 2.68 bits per heavy atom. The number of hydrogen-bond acceptors (Lipinski definition) is 5. The van der Waals surface area contributed by atoms with Gasteiger partial charge in [0.15, 0.2) is 0 Å². The third-order valence-corrected chi connectivity index (χ3v) is 3.59. The third kappa shape index (κ3) is 4.66. The molecule has 6 nitrogen and oxygen atoms in total. The number of halogens is 1. The van der Waals surface area contributed by atoms with Crippen LogP contribution in [0.3, 0.4) is 0 Å². The van der Waals surface area contributed by atoms with Gasteiger partial charge in [0.05, 0.1) is 12.8 Å². The van der Waals surface area contributed by atoms with Crippen LogP contribution >= 0.6 is 11.6 Å². The Hall–Kier alpha value is -3.17. The molecule has 0 aliphatic rings. The molecule has 0 bridgehead atoms. The fourth-order valence-electron chi connectivity index (χ4n) is 2.07. The molecule has 3 N–H and O–H groups in total. The number of phenols is 1. The topological polar surface area (TPSA) is 94.4 Å². The number of phenolic OH excluding ortho intramolecular Hbond substituents is 1. The minimum atomic E-state index is -0.579. The molecule has 128 valence electrons. The number of aromatic hydroxyl groups is 1. The number of carbonyl (C=O) groups is 1. The average Bonchev–Trinajstić information content (AvgIpc) is 2.58. The highest BCUT2D eigenvalue weighted by atomic mass is 35.5. The first-order chi connectivity index (χ1) is 11.9. The first kappa shape index (κ1) is 18.2. The van der Waals surface area contributed by atoms with Gasteiger partial charge >= 0.3 is 0 Å². The Morgan fingerprint density at radius 1 is 1.28 bits per heavy atom. The Balaban J connectivity index is 2.18. The summed E-state index contributed by atoms with van der Waals surface area (Å²) in [5, 5.41) is 24.6. The van der Waals surface area contributed by atoms with Crippen molar-refractivity contribution in [1.29, 1.82) is 5.26 Å². The van der Waals surface area contributed by atoms with Crippen LogP contribution in [0, 0.1) is 18.3 Å². The molecule has 0 aromatic heterocycles. The smallest absolute Gasteiger partial charge is 0.267 e. The molecule has 2 aromatic carbocycles. The number of hydrogen-bond donors (Lipinski definition) is 3. The lowest BCUT2D eigenvalue weighted by Gasteiger charge is -2.10. The maximum atomic E-state index is 12.3. The van der Waals surface area contributed by atoms with Gasteiger partial charge in [0.25, 0.3) is 5.91 Å². The summed E-state index contributed by atoms with van der Waals surface area (Å²) < 4.78 is 5.19. The molecule has 0 radical (unpaired) electrons.